The van der Waals surface area contributed by atoms with E-state index in [-0.39, 0.29) is 17.0 Å². The van der Waals surface area contributed by atoms with Crippen molar-refractivity contribution in [2.75, 3.05) is 12.8 Å². The topological polar surface area (TPSA) is 89.3 Å². The van der Waals surface area contributed by atoms with Crippen LogP contribution < -0.4 is 11.2 Å². The Balaban J connectivity index is 2.12. The largest absolute Gasteiger partial charge is 0.508 e. The fourth-order valence-corrected chi connectivity index (χ4v) is 2.56. The molecular weight excluding hydrogens is 371 g/mol. The Morgan fingerprint density at radius 2 is 1.86 bits per heavy atom. The quantitative estimate of drug-likeness (QED) is 0.722. The molecule has 6 nitrogen and oxygen atoms in total. The Kier molecular flexibility index (Phi) is 4.91. The van der Waals surface area contributed by atoms with Crippen LogP contribution in [0.25, 0.3) is 17.0 Å². The average Bonchev–Trinajstić information content (AvgIpc) is 2.67. The summed E-state index contributed by atoms with van der Waals surface area (Å²) in [5.74, 6) is -0.505. The van der Waals surface area contributed by atoms with E-state index in [9.17, 15) is 18.3 Å². The zero-order valence-electron chi connectivity index (χ0n) is 14.8. The summed E-state index contributed by atoms with van der Waals surface area (Å²) in [6, 6.07) is 10.3. The van der Waals surface area contributed by atoms with Gasteiger partial charge in [-0.1, -0.05) is 6.58 Å². The number of phenolic OH excluding ortho intramolecular Hbond substituents is 1. The lowest BCUT2D eigenvalue weighted by Gasteiger charge is -2.13. The number of phenols is 1. The summed E-state index contributed by atoms with van der Waals surface area (Å²) in [6.45, 7) is 3.98. The number of nitrogen functional groups attached to an aromatic ring is 1. The zero-order valence-corrected chi connectivity index (χ0v) is 14.8. The molecule has 28 heavy (non-hydrogen) atoms. The first-order valence-corrected chi connectivity index (χ1v) is 8.05. The van der Waals surface area contributed by atoms with E-state index in [1.165, 1.54) is 29.1 Å². The van der Waals surface area contributed by atoms with Gasteiger partial charge in [0.05, 0.1) is 17.0 Å². The third-order valence-electron chi connectivity index (χ3n) is 4.02. The van der Waals surface area contributed by atoms with Gasteiger partial charge in [0.15, 0.2) is 0 Å². The van der Waals surface area contributed by atoms with Crippen LogP contribution in [0.1, 0.15) is 11.1 Å². The number of hydrogen-bond donors (Lipinski definition) is 2. The molecule has 0 saturated heterocycles. The third-order valence-corrected chi connectivity index (χ3v) is 4.02. The predicted octanol–water partition coefficient (Wildman–Crippen LogP) is 3.30. The number of pyridine rings is 1. The van der Waals surface area contributed by atoms with Crippen LogP contribution in [0.2, 0.25) is 0 Å². The van der Waals surface area contributed by atoms with Gasteiger partial charge in [-0.25, -0.2) is 9.67 Å². The maximum absolute atomic E-state index is 13.1. The highest BCUT2D eigenvalue weighted by Crippen LogP contribution is 2.34. The van der Waals surface area contributed by atoms with Crippen molar-refractivity contribution in [3.8, 4) is 17.0 Å². The highest BCUT2D eigenvalue weighted by atomic mass is 19.4. The molecule has 3 rings (SSSR count). The Morgan fingerprint density at radius 1 is 1.18 bits per heavy atom. The Bertz CT molecular complexity index is 1100. The number of aromatic nitrogens is 3. The normalized spacial score (nSPS) is 12.2. The summed E-state index contributed by atoms with van der Waals surface area (Å²) in [6.07, 6.45) is -3.40. The second kappa shape index (κ2) is 7.18. The lowest BCUT2D eigenvalue weighted by Crippen LogP contribution is -2.23. The Hall–Kier alpha value is -3.62. The number of hydrogen-bond acceptors (Lipinski definition) is 5. The number of nitrogens with two attached hydrogens (primary N) is 1. The summed E-state index contributed by atoms with van der Waals surface area (Å²) in [5.41, 5.74) is 6.26. The number of rotatable bonds is 3. The van der Waals surface area contributed by atoms with E-state index in [0.717, 1.165) is 6.07 Å². The standard InChI is InChI=1S/C19H16F3N5O/c1-11(12-3-5-14(28)6-4-12)27-17(24-2)8-7-16(26-27)13-9-15(19(20,21)22)18(23)25-10-13/h3-10,28H,1H2,2H3,(H2,23,25). The first-order valence-electron chi connectivity index (χ1n) is 8.05. The van der Waals surface area contributed by atoms with Crippen LogP contribution in [-0.4, -0.2) is 26.9 Å². The highest BCUT2D eigenvalue weighted by Gasteiger charge is 2.34. The van der Waals surface area contributed by atoms with Crippen molar-refractivity contribution >= 4 is 11.5 Å². The third kappa shape index (κ3) is 3.73. The molecule has 0 bridgehead atoms. The van der Waals surface area contributed by atoms with Gasteiger partial charge in [0.25, 0.3) is 0 Å². The molecule has 0 amide bonds. The minimum atomic E-state index is -4.63. The molecule has 0 fully saturated rings. The van der Waals surface area contributed by atoms with Crippen molar-refractivity contribution < 1.29 is 18.3 Å². The Labute approximate surface area is 158 Å². The van der Waals surface area contributed by atoms with Crippen LogP contribution in [0.5, 0.6) is 5.75 Å². The molecule has 0 aliphatic heterocycles. The van der Waals surface area contributed by atoms with Gasteiger partial charge in [-0.15, -0.1) is 0 Å². The molecule has 3 N–H and O–H groups in total. The number of nitrogens with zero attached hydrogens (tertiary/aromatic N) is 4. The number of alkyl halides is 3. The minimum absolute atomic E-state index is 0.0938. The van der Waals surface area contributed by atoms with E-state index in [1.54, 1.807) is 25.2 Å². The van der Waals surface area contributed by atoms with E-state index in [0.29, 0.717) is 16.7 Å². The molecule has 3 aromatic rings. The molecule has 0 saturated carbocycles. The number of anilines is 1. The molecule has 0 atom stereocenters. The van der Waals surface area contributed by atoms with Crippen molar-refractivity contribution in [3.05, 3.63) is 71.9 Å². The van der Waals surface area contributed by atoms with Crippen LogP contribution in [0.3, 0.4) is 0 Å². The SMILES string of the molecule is C=C(c1ccc(O)cc1)n1nc(-c2cnc(N)c(C(F)(F)F)c2)ccc1=NC. The molecule has 2 aromatic heterocycles. The molecule has 0 aliphatic carbocycles. The number of benzene rings is 1. The smallest absolute Gasteiger partial charge is 0.419 e. The average molecular weight is 387 g/mol. The van der Waals surface area contributed by atoms with Gasteiger partial charge in [-0.3, -0.25) is 4.99 Å². The predicted molar refractivity (Wildman–Crippen MR) is 98.9 cm³/mol. The molecule has 0 spiro atoms. The second-order valence-corrected chi connectivity index (χ2v) is 5.86. The summed E-state index contributed by atoms with van der Waals surface area (Å²) < 4.78 is 40.8. The molecule has 0 aliphatic rings. The lowest BCUT2D eigenvalue weighted by atomic mass is 10.1. The van der Waals surface area contributed by atoms with Crippen molar-refractivity contribution in [1.82, 2.24) is 14.8 Å². The van der Waals surface area contributed by atoms with Crippen LogP contribution in [-0.2, 0) is 6.18 Å². The maximum Gasteiger partial charge on any atom is 0.419 e. The van der Waals surface area contributed by atoms with E-state index >= 15 is 0 Å². The molecule has 0 unspecified atom stereocenters. The number of aromatic hydroxyl groups is 1. The van der Waals surface area contributed by atoms with E-state index < -0.39 is 17.6 Å². The second-order valence-electron chi connectivity index (χ2n) is 5.86. The van der Waals surface area contributed by atoms with Crippen molar-refractivity contribution in [1.29, 1.82) is 0 Å². The van der Waals surface area contributed by atoms with Gasteiger partial charge < -0.3 is 10.8 Å². The van der Waals surface area contributed by atoms with Crippen molar-refractivity contribution in [3.63, 3.8) is 0 Å². The van der Waals surface area contributed by atoms with E-state index in [1.807, 2.05) is 0 Å². The van der Waals surface area contributed by atoms with Gasteiger partial charge in [-0.05, 0) is 48.0 Å². The Morgan fingerprint density at radius 3 is 2.46 bits per heavy atom. The van der Waals surface area contributed by atoms with Crippen molar-refractivity contribution in [2.24, 2.45) is 4.99 Å². The fraction of sp³-hybridized carbons (Fsp3) is 0.105. The molecule has 2 heterocycles. The maximum atomic E-state index is 13.1. The van der Waals surface area contributed by atoms with Gasteiger partial charge in [0.2, 0.25) is 0 Å². The summed E-state index contributed by atoms with van der Waals surface area (Å²) in [7, 11) is 1.56. The van der Waals surface area contributed by atoms with Crippen LogP contribution >= 0.6 is 0 Å². The molecular formula is C19H16F3N5O. The fourth-order valence-electron chi connectivity index (χ4n) is 2.56. The molecule has 1 aromatic carbocycles. The number of halogens is 3. The highest BCUT2D eigenvalue weighted by molar-refractivity contribution is 5.66. The lowest BCUT2D eigenvalue weighted by molar-refractivity contribution is -0.137. The van der Waals surface area contributed by atoms with Crippen LogP contribution in [0, 0.1) is 0 Å². The van der Waals surface area contributed by atoms with Crippen LogP contribution in [0.4, 0.5) is 19.0 Å². The summed E-state index contributed by atoms with van der Waals surface area (Å²) in [5, 5.41) is 13.8. The van der Waals surface area contributed by atoms with Crippen molar-refractivity contribution in [2.45, 2.75) is 6.18 Å². The first kappa shape index (κ1) is 19.2. The molecule has 144 valence electrons. The van der Waals surface area contributed by atoms with Gasteiger partial charge in [0.1, 0.15) is 17.1 Å². The first-order chi connectivity index (χ1) is 13.2. The van der Waals surface area contributed by atoms with Crippen LogP contribution in [0.15, 0.2) is 60.2 Å². The van der Waals surface area contributed by atoms with E-state index in [2.05, 4.69) is 21.7 Å². The van der Waals surface area contributed by atoms with Gasteiger partial charge >= 0.3 is 6.18 Å². The van der Waals surface area contributed by atoms with E-state index in [4.69, 9.17) is 5.73 Å². The molecule has 9 heteroatoms. The zero-order chi connectivity index (χ0) is 20.5. The molecule has 0 radical (unpaired) electrons. The summed E-state index contributed by atoms with van der Waals surface area (Å²) >= 11 is 0. The minimum Gasteiger partial charge on any atom is -0.508 e. The monoisotopic (exact) mass is 387 g/mol. The summed E-state index contributed by atoms with van der Waals surface area (Å²) in [4.78, 5) is 7.76. The van der Waals surface area contributed by atoms with Gasteiger partial charge in [-0.2, -0.15) is 18.3 Å². The van der Waals surface area contributed by atoms with Gasteiger partial charge in [0, 0.05) is 18.8 Å².